The molecular formula is C47H86NO8P. The van der Waals surface area contributed by atoms with Crippen LogP contribution in [0.5, 0.6) is 0 Å². The number of rotatable bonds is 43. The third-order valence-electron chi connectivity index (χ3n) is 9.72. The van der Waals surface area contributed by atoms with Crippen molar-refractivity contribution in [1.29, 1.82) is 0 Å². The monoisotopic (exact) mass is 824 g/mol. The van der Waals surface area contributed by atoms with E-state index >= 15 is 0 Å². The molecule has 0 aliphatic rings. The second kappa shape index (κ2) is 43.5. The fourth-order valence-corrected chi connectivity index (χ4v) is 7.03. The Bertz CT molecular complexity index is 1080. The van der Waals surface area contributed by atoms with E-state index in [4.69, 9.17) is 24.3 Å². The van der Waals surface area contributed by atoms with Crippen LogP contribution in [0.15, 0.2) is 48.6 Å². The first-order chi connectivity index (χ1) is 27.8. The Kier molecular flexibility index (Phi) is 42.0. The molecule has 0 radical (unpaired) electrons. The van der Waals surface area contributed by atoms with Crippen molar-refractivity contribution < 1.29 is 37.6 Å². The molecule has 0 aliphatic carbocycles. The first-order valence-electron chi connectivity index (χ1n) is 23.1. The van der Waals surface area contributed by atoms with Gasteiger partial charge in [0.25, 0.3) is 0 Å². The first-order valence-corrected chi connectivity index (χ1v) is 24.6. The SMILES string of the molecule is CCCCC/C=C/C/C=C/C/C=C/C/C=C/CCCCCC(=O)OC[C@H](COP(=O)(O)OCCN)OC(=O)CCCCCCCCCCCCCCCCCCC. The number of carbonyl (C=O) groups excluding carboxylic acids is 2. The molecule has 0 aliphatic heterocycles. The predicted octanol–water partition coefficient (Wildman–Crippen LogP) is 13.5. The van der Waals surface area contributed by atoms with E-state index in [9.17, 15) is 19.0 Å². The smallest absolute Gasteiger partial charge is 0.462 e. The van der Waals surface area contributed by atoms with Crippen LogP contribution in [0, 0.1) is 0 Å². The van der Waals surface area contributed by atoms with Gasteiger partial charge in [0, 0.05) is 19.4 Å². The van der Waals surface area contributed by atoms with E-state index in [2.05, 4.69) is 62.5 Å². The van der Waals surface area contributed by atoms with Gasteiger partial charge in [-0.1, -0.05) is 184 Å². The van der Waals surface area contributed by atoms with Crippen LogP contribution in [0.25, 0.3) is 0 Å². The van der Waals surface area contributed by atoms with E-state index < -0.39 is 32.5 Å². The van der Waals surface area contributed by atoms with Crippen molar-refractivity contribution in [2.75, 3.05) is 26.4 Å². The molecule has 0 rings (SSSR count). The van der Waals surface area contributed by atoms with E-state index in [-0.39, 0.29) is 32.6 Å². The molecule has 0 spiro atoms. The number of ether oxygens (including phenoxy) is 2. The zero-order chi connectivity index (χ0) is 41.8. The third-order valence-corrected chi connectivity index (χ3v) is 10.7. The molecule has 9 nitrogen and oxygen atoms in total. The number of phosphoric ester groups is 1. The Balaban J connectivity index is 4.17. The Labute approximate surface area is 349 Å². The van der Waals surface area contributed by atoms with Crippen LogP contribution in [-0.2, 0) is 32.7 Å². The van der Waals surface area contributed by atoms with Crippen LogP contribution in [0.4, 0.5) is 0 Å². The van der Waals surface area contributed by atoms with E-state index in [1.807, 2.05) is 0 Å². The van der Waals surface area contributed by atoms with E-state index in [0.29, 0.717) is 12.8 Å². The van der Waals surface area contributed by atoms with E-state index in [1.165, 1.54) is 116 Å². The Morgan fingerprint density at radius 2 is 0.912 bits per heavy atom. The average molecular weight is 824 g/mol. The zero-order valence-corrected chi connectivity index (χ0v) is 37.5. The molecule has 2 atom stereocenters. The minimum atomic E-state index is -4.39. The van der Waals surface area contributed by atoms with Gasteiger partial charge in [-0.15, -0.1) is 0 Å². The predicted molar refractivity (Wildman–Crippen MR) is 238 cm³/mol. The van der Waals surface area contributed by atoms with Crippen LogP contribution in [0.3, 0.4) is 0 Å². The molecule has 10 heteroatoms. The molecule has 0 aromatic rings. The highest BCUT2D eigenvalue weighted by Gasteiger charge is 2.26. The summed E-state index contributed by atoms with van der Waals surface area (Å²) in [4.78, 5) is 34.9. The molecule has 0 bridgehead atoms. The van der Waals surface area contributed by atoms with Crippen molar-refractivity contribution in [3.63, 3.8) is 0 Å². The molecule has 0 aromatic heterocycles. The fraction of sp³-hybridized carbons (Fsp3) is 0.787. The van der Waals surface area contributed by atoms with Gasteiger partial charge in [0.1, 0.15) is 6.61 Å². The molecule has 0 heterocycles. The van der Waals surface area contributed by atoms with Crippen LogP contribution in [0.1, 0.15) is 206 Å². The van der Waals surface area contributed by atoms with Gasteiger partial charge >= 0.3 is 19.8 Å². The van der Waals surface area contributed by atoms with Gasteiger partial charge in [-0.2, -0.15) is 0 Å². The standard InChI is InChI=1S/C47H86NO8P/c1-3-5-7-9-11-13-15-17-19-21-22-24-25-27-29-31-33-35-37-39-46(49)53-43-45(44-55-57(51,52)54-42-41-48)56-47(50)40-38-36-34-32-30-28-26-23-20-18-16-14-12-10-8-6-4-2/h11,13,17,19,22,24,27,29,45H,3-10,12,14-16,18,20-21,23,25-26,28,30-44,48H2,1-2H3,(H,51,52)/b13-11+,19-17+,24-22+,29-27+/t45-/m1/s1. The normalized spacial score (nSPS) is 13.7. The van der Waals surface area contributed by atoms with Crippen LogP contribution in [-0.4, -0.2) is 49.3 Å². The minimum absolute atomic E-state index is 0.0485. The molecule has 332 valence electrons. The lowest BCUT2D eigenvalue weighted by Crippen LogP contribution is -2.29. The molecule has 57 heavy (non-hydrogen) atoms. The second-order valence-electron chi connectivity index (χ2n) is 15.3. The Hall–Kier alpha value is -2.03. The van der Waals surface area contributed by atoms with Crippen molar-refractivity contribution in [2.24, 2.45) is 5.73 Å². The van der Waals surface area contributed by atoms with Gasteiger partial charge < -0.3 is 20.1 Å². The summed E-state index contributed by atoms with van der Waals surface area (Å²) in [5.41, 5.74) is 5.35. The third kappa shape index (κ3) is 43.4. The molecule has 0 aromatic carbocycles. The van der Waals surface area contributed by atoms with Crippen LogP contribution < -0.4 is 5.73 Å². The minimum Gasteiger partial charge on any atom is -0.462 e. The Morgan fingerprint density at radius 1 is 0.526 bits per heavy atom. The van der Waals surface area contributed by atoms with Gasteiger partial charge in [0.15, 0.2) is 6.10 Å². The maximum atomic E-state index is 12.6. The van der Waals surface area contributed by atoms with Gasteiger partial charge in [-0.25, -0.2) is 4.57 Å². The summed E-state index contributed by atoms with van der Waals surface area (Å²) < 4.78 is 32.8. The highest BCUT2D eigenvalue weighted by atomic mass is 31.2. The summed E-state index contributed by atoms with van der Waals surface area (Å²) in [6, 6.07) is 0. The lowest BCUT2D eigenvalue weighted by Gasteiger charge is -2.19. The number of allylic oxidation sites excluding steroid dienone is 8. The van der Waals surface area contributed by atoms with Crippen molar-refractivity contribution in [3.8, 4) is 0 Å². The number of carbonyl (C=O) groups is 2. The van der Waals surface area contributed by atoms with E-state index in [0.717, 1.165) is 51.4 Å². The highest BCUT2D eigenvalue weighted by Crippen LogP contribution is 2.43. The Morgan fingerprint density at radius 3 is 1.39 bits per heavy atom. The summed E-state index contributed by atoms with van der Waals surface area (Å²) >= 11 is 0. The van der Waals surface area contributed by atoms with Gasteiger partial charge in [-0.05, 0) is 57.8 Å². The molecule has 3 N–H and O–H groups in total. The second-order valence-corrected chi connectivity index (χ2v) is 16.7. The zero-order valence-electron chi connectivity index (χ0n) is 36.6. The fourth-order valence-electron chi connectivity index (χ4n) is 6.27. The number of hydrogen-bond acceptors (Lipinski definition) is 8. The number of nitrogens with two attached hydrogens (primary N) is 1. The molecule has 0 fully saturated rings. The molecule has 0 amide bonds. The number of hydrogen-bond donors (Lipinski definition) is 2. The molecule has 0 saturated carbocycles. The summed E-state index contributed by atoms with van der Waals surface area (Å²) in [6.07, 6.45) is 49.9. The lowest BCUT2D eigenvalue weighted by atomic mass is 10.0. The highest BCUT2D eigenvalue weighted by molar-refractivity contribution is 7.47. The number of unbranched alkanes of at least 4 members (excludes halogenated alkanes) is 22. The topological polar surface area (TPSA) is 134 Å². The summed E-state index contributed by atoms with van der Waals surface area (Å²) in [5, 5.41) is 0. The number of phosphoric acid groups is 1. The van der Waals surface area contributed by atoms with Crippen molar-refractivity contribution in [3.05, 3.63) is 48.6 Å². The van der Waals surface area contributed by atoms with Gasteiger partial charge in [0.2, 0.25) is 0 Å². The quantitative estimate of drug-likeness (QED) is 0.0267. The maximum Gasteiger partial charge on any atom is 0.472 e. The van der Waals surface area contributed by atoms with Gasteiger partial charge in [-0.3, -0.25) is 18.6 Å². The van der Waals surface area contributed by atoms with Crippen LogP contribution >= 0.6 is 7.82 Å². The number of esters is 2. The van der Waals surface area contributed by atoms with Crippen molar-refractivity contribution >= 4 is 19.8 Å². The molecule has 0 saturated heterocycles. The van der Waals surface area contributed by atoms with Crippen molar-refractivity contribution in [2.45, 2.75) is 213 Å². The molecule has 1 unspecified atom stereocenters. The average Bonchev–Trinajstić information content (AvgIpc) is 3.20. The maximum absolute atomic E-state index is 12.6. The van der Waals surface area contributed by atoms with Crippen molar-refractivity contribution in [1.82, 2.24) is 0 Å². The van der Waals surface area contributed by atoms with Crippen LogP contribution in [0.2, 0.25) is 0 Å². The molecular weight excluding hydrogens is 737 g/mol. The van der Waals surface area contributed by atoms with Gasteiger partial charge in [0.05, 0.1) is 13.2 Å². The largest absolute Gasteiger partial charge is 0.472 e. The lowest BCUT2D eigenvalue weighted by molar-refractivity contribution is -0.161. The van der Waals surface area contributed by atoms with E-state index in [1.54, 1.807) is 0 Å². The summed E-state index contributed by atoms with van der Waals surface area (Å²) in [5.74, 6) is -0.860. The summed E-state index contributed by atoms with van der Waals surface area (Å²) in [7, 11) is -4.39. The summed E-state index contributed by atoms with van der Waals surface area (Å²) in [6.45, 7) is 3.68. The first kappa shape index (κ1) is 55.0.